The molecular weight excluding hydrogens is 308 g/mol. The van der Waals surface area contributed by atoms with Crippen LogP contribution in [0.1, 0.15) is 12.0 Å². The first-order chi connectivity index (χ1) is 10.8. The molecule has 0 radical (unpaired) electrons. The van der Waals surface area contributed by atoms with Crippen LogP contribution >= 0.6 is 0 Å². The molecule has 1 aromatic carbocycles. The van der Waals surface area contributed by atoms with Crippen molar-refractivity contribution in [2.24, 2.45) is 0 Å². The summed E-state index contributed by atoms with van der Waals surface area (Å²) in [5.41, 5.74) is 0.672. The van der Waals surface area contributed by atoms with Gasteiger partial charge in [-0.25, -0.2) is 0 Å². The number of ketones is 1. The van der Waals surface area contributed by atoms with Crippen molar-refractivity contribution in [3.63, 3.8) is 0 Å². The molecule has 0 aliphatic rings. The Morgan fingerprint density at radius 1 is 1.17 bits per heavy atom. The fourth-order valence-corrected chi connectivity index (χ4v) is 2.01. The van der Waals surface area contributed by atoms with Crippen LogP contribution in [0.25, 0.3) is 0 Å². The average Bonchev–Trinajstić information content (AvgIpc) is 2.57. The second kappa shape index (κ2) is 8.80. The number of Topliss-reactive ketones (excluding diaryl/α,β-unsaturated/α-hetero) is 1. The number of benzene rings is 1. The number of hydrogen-bond acceptors (Lipinski definition) is 8. The van der Waals surface area contributed by atoms with Crippen LogP contribution in [0.3, 0.4) is 0 Å². The van der Waals surface area contributed by atoms with Crippen molar-refractivity contribution in [1.82, 2.24) is 0 Å². The van der Waals surface area contributed by atoms with Gasteiger partial charge < -0.3 is 35.4 Å². The molecular formula is C15H22O8. The Bertz CT molecular complexity index is 518. The lowest BCUT2D eigenvalue weighted by atomic mass is 9.97. The van der Waals surface area contributed by atoms with E-state index < -0.39 is 36.8 Å². The highest BCUT2D eigenvalue weighted by Crippen LogP contribution is 2.26. The molecule has 1 aromatic rings. The second-order valence-electron chi connectivity index (χ2n) is 5.15. The molecule has 0 amide bonds. The van der Waals surface area contributed by atoms with Crippen LogP contribution < -0.4 is 4.74 Å². The summed E-state index contributed by atoms with van der Waals surface area (Å²) >= 11 is 0. The van der Waals surface area contributed by atoms with E-state index in [4.69, 9.17) is 9.84 Å². The molecule has 130 valence electrons. The summed E-state index contributed by atoms with van der Waals surface area (Å²) in [5, 5.41) is 56.2. The van der Waals surface area contributed by atoms with Crippen LogP contribution in [-0.2, 0) is 11.2 Å². The second-order valence-corrected chi connectivity index (χ2v) is 5.15. The lowest BCUT2D eigenvalue weighted by Crippen LogP contribution is -2.48. The summed E-state index contributed by atoms with van der Waals surface area (Å²) in [6.07, 6.45) is -7.20. The number of phenols is 1. The van der Waals surface area contributed by atoms with Gasteiger partial charge in [-0.1, -0.05) is 6.07 Å². The van der Waals surface area contributed by atoms with Gasteiger partial charge in [0.1, 0.15) is 24.4 Å². The van der Waals surface area contributed by atoms with E-state index in [0.717, 1.165) is 0 Å². The van der Waals surface area contributed by atoms with Gasteiger partial charge in [0.15, 0.2) is 17.3 Å². The van der Waals surface area contributed by atoms with Gasteiger partial charge in [-0.05, 0) is 24.1 Å². The third-order valence-corrected chi connectivity index (χ3v) is 3.49. The third kappa shape index (κ3) is 5.15. The van der Waals surface area contributed by atoms with Crippen LogP contribution in [0.4, 0.5) is 0 Å². The van der Waals surface area contributed by atoms with E-state index in [0.29, 0.717) is 5.56 Å². The van der Waals surface area contributed by atoms with Gasteiger partial charge in [0, 0.05) is 6.42 Å². The molecule has 8 heteroatoms. The van der Waals surface area contributed by atoms with Gasteiger partial charge in [0.2, 0.25) is 0 Å². The molecule has 0 aromatic heterocycles. The molecule has 0 aliphatic carbocycles. The number of aliphatic hydroxyl groups excluding tert-OH is 5. The predicted molar refractivity (Wildman–Crippen MR) is 79.1 cm³/mol. The van der Waals surface area contributed by atoms with Crippen molar-refractivity contribution in [3.05, 3.63) is 23.8 Å². The molecule has 0 heterocycles. The van der Waals surface area contributed by atoms with E-state index in [1.165, 1.54) is 19.2 Å². The van der Waals surface area contributed by atoms with E-state index in [2.05, 4.69) is 0 Å². The number of rotatable bonds is 9. The minimum atomic E-state index is -1.90. The minimum absolute atomic E-state index is 0.0425. The molecule has 0 unspecified atom stereocenters. The molecule has 0 fully saturated rings. The first-order valence-corrected chi connectivity index (χ1v) is 7.03. The largest absolute Gasteiger partial charge is 0.504 e. The Balaban J connectivity index is 2.62. The molecule has 8 nitrogen and oxygen atoms in total. The van der Waals surface area contributed by atoms with Crippen LogP contribution in [0.15, 0.2) is 18.2 Å². The number of aromatic hydroxyl groups is 1. The highest BCUT2D eigenvalue weighted by Gasteiger charge is 2.33. The summed E-state index contributed by atoms with van der Waals surface area (Å²) in [5.74, 6) is -0.523. The summed E-state index contributed by atoms with van der Waals surface area (Å²) in [4.78, 5) is 11.8. The van der Waals surface area contributed by atoms with Crippen molar-refractivity contribution in [2.45, 2.75) is 37.3 Å². The average molecular weight is 330 g/mol. The van der Waals surface area contributed by atoms with Gasteiger partial charge in [-0.3, -0.25) is 4.79 Å². The molecule has 0 bridgehead atoms. The third-order valence-electron chi connectivity index (χ3n) is 3.49. The van der Waals surface area contributed by atoms with E-state index in [1.54, 1.807) is 6.07 Å². The van der Waals surface area contributed by atoms with Gasteiger partial charge in [-0.2, -0.15) is 0 Å². The number of aliphatic hydroxyl groups is 5. The number of hydrogen-bond donors (Lipinski definition) is 6. The highest BCUT2D eigenvalue weighted by atomic mass is 16.5. The maximum Gasteiger partial charge on any atom is 0.164 e. The Hall–Kier alpha value is -1.71. The molecule has 0 aliphatic heterocycles. The Morgan fingerprint density at radius 3 is 2.39 bits per heavy atom. The molecule has 4 atom stereocenters. The van der Waals surface area contributed by atoms with Crippen molar-refractivity contribution in [2.75, 3.05) is 13.7 Å². The number of carbonyl (C=O) groups excluding carboxylic acids is 1. The van der Waals surface area contributed by atoms with Gasteiger partial charge in [0.25, 0.3) is 0 Å². The van der Waals surface area contributed by atoms with Crippen molar-refractivity contribution in [1.29, 1.82) is 0 Å². The van der Waals surface area contributed by atoms with Gasteiger partial charge in [0.05, 0.1) is 13.7 Å². The Kier molecular flexibility index (Phi) is 7.40. The maximum absolute atomic E-state index is 11.8. The number of carbonyl (C=O) groups is 1. The Labute approximate surface area is 133 Å². The fourth-order valence-electron chi connectivity index (χ4n) is 2.01. The van der Waals surface area contributed by atoms with Crippen molar-refractivity contribution < 1.29 is 40.2 Å². The zero-order valence-corrected chi connectivity index (χ0v) is 12.7. The maximum atomic E-state index is 11.8. The molecule has 0 saturated heterocycles. The van der Waals surface area contributed by atoms with Crippen LogP contribution in [0.2, 0.25) is 0 Å². The van der Waals surface area contributed by atoms with E-state index >= 15 is 0 Å². The van der Waals surface area contributed by atoms with E-state index in [9.17, 15) is 30.3 Å². The van der Waals surface area contributed by atoms with Crippen LogP contribution in [-0.4, -0.2) is 74.6 Å². The minimum Gasteiger partial charge on any atom is -0.504 e. The van der Waals surface area contributed by atoms with E-state index in [-0.39, 0.29) is 24.3 Å². The Morgan fingerprint density at radius 2 is 1.83 bits per heavy atom. The molecule has 0 saturated carbocycles. The molecule has 6 N–H and O–H groups in total. The van der Waals surface area contributed by atoms with Crippen LogP contribution in [0.5, 0.6) is 11.5 Å². The SMILES string of the molecule is COc1cc(CCC(=O)[C@H](O)[C@@H](O)[C@H](O)[C@H](O)CO)ccc1O. The fraction of sp³-hybridized carbons (Fsp3) is 0.533. The molecule has 1 rings (SSSR count). The van der Waals surface area contributed by atoms with E-state index in [1.807, 2.05) is 0 Å². The van der Waals surface area contributed by atoms with Crippen molar-refractivity contribution in [3.8, 4) is 11.5 Å². The normalized spacial score (nSPS) is 16.4. The monoisotopic (exact) mass is 330 g/mol. The highest BCUT2D eigenvalue weighted by molar-refractivity contribution is 5.83. The standard InChI is InChI=1S/C15H22O8/c1-23-12-6-8(2-4-9(12)17)3-5-10(18)13(20)15(22)14(21)11(19)7-16/h2,4,6,11,13-17,19-22H,3,5,7H2,1H3/t11-,13+,14-,15-/m1/s1. The first-order valence-electron chi connectivity index (χ1n) is 7.03. The number of aryl methyl sites for hydroxylation is 1. The number of ether oxygens (including phenoxy) is 1. The van der Waals surface area contributed by atoms with Gasteiger partial charge >= 0.3 is 0 Å². The summed E-state index contributed by atoms with van der Waals surface area (Å²) in [6, 6.07) is 4.53. The van der Waals surface area contributed by atoms with Crippen LogP contribution in [0, 0.1) is 0 Å². The zero-order valence-electron chi connectivity index (χ0n) is 12.7. The summed E-state index contributed by atoms with van der Waals surface area (Å²) < 4.78 is 4.94. The first kappa shape index (κ1) is 19.3. The predicted octanol–water partition coefficient (Wildman–Crippen LogP) is -1.66. The lowest BCUT2D eigenvalue weighted by Gasteiger charge is -2.24. The van der Waals surface area contributed by atoms with Gasteiger partial charge in [-0.15, -0.1) is 0 Å². The molecule has 0 spiro atoms. The number of phenolic OH excluding ortho intramolecular Hbond substituents is 1. The molecule has 23 heavy (non-hydrogen) atoms. The number of methoxy groups -OCH3 is 1. The summed E-state index contributed by atoms with van der Waals surface area (Å²) in [7, 11) is 1.39. The zero-order chi connectivity index (χ0) is 17.6. The smallest absolute Gasteiger partial charge is 0.164 e. The lowest BCUT2D eigenvalue weighted by molar-refractivity contribution is -0.146. The van der Waals surface area contributed by atoms with Crippen molar-refractivity contribution >= 4 is 5.78 Å². The topological polar surface area (TPSA) is 148 Å². The quantitative estimate of drug-likeness (QED) is 0.315. The summed E-state index contributed by atoms with van der Waals surface area (Å²) in [6.45, 7) is -0.813.